The minimum absolute atomic E-state index is 1.12. The SMILES string of the molecule is c1ccc(-c2cccc(N(c3ccc(-c4ccc5c(ccc6c7ccccc7ccc56)c4)cc3)c3ccc4ccccc4c3)c2)cc1. The molecule has 9 aromatic rings. The first-order valence-corrected chi connectivity index (χ1v) is 16.2. The van der Waals surface area contributed by atoms with Crippen LogP contribution in [-0.2, 0) is 0 Å². The molecule has 0 N–H and O–H groups in total. The Balaban J connectivity index is 1.12. The summed E-state index contributed by atoms with van der Waals surface area (Å²) in [7, 11) is 0. The zero-order valence-electron chi connectivity index (χ0n) is 25.8. The van der Waals surface area contributed by atoms with E-state index in [0.29, 0.717) is 0 Å². The van der Waals surface area contributed by atoms with Crippen LogP contribution in [0.3, 0.4) is 0 Å². The van der Waals surface area contributed by atoms with Crippen LogP contribution < -0.4 is 4.90 Å². The summed E-state index contributed by atoms with van der Waals surface area (Å²) < 4.78 is 0. The Hall–Kier alpha value is -6.18. The van der Waals surface area contributed by atoms with Gasteiger partial charge in [0.15, 0.2) is 0 Å². The molecule has 0 heterocycles. The monoisotopic (exact) mass is 597 g/mol. The van der Waals surface area contributed by atoms with Crippen molar-refractivity contribution in [2.24, 2.45) is 0 Å². The molecule has 0 amide bonds. The van der Waals surface area contributed by atoms with E-state index in [0.717, 1.165) is 17.1 Å². The molecule has 0 spiro atoms. The van der Waals surface area contributed by atoms with Gasteiger partial charge in [-0.05, 0) is 108 Å². The second-order valence-corrected chi connectivity index (χ2v) is 12.2. The van der Waals surface area contributed by atoms with Gasteiger partial charge < -0.3 is 4.90 Å². The van der Waals surface area contributed by atoms with Crippen molar-refractivity contribution in [2.45, 2.75) is 0 Å². The zero-order chi connectivity index (χ0) is 31.2. The summed E-state index contributed by atoms with van der Waals surface area (Å²) in [6.45, 7) is 0. The van der Waals surface area contributed by atoms with Gasteiger partial charge in [-0.15, -0.1) is 0 Å². The number of anilines is 3. The van der Waals surface area contributed by atoms with Gasteiger partial charge in [-0.2, -0.15) is 0 Å². The van der Waals surface area contributed by atoms with E-state index in [2.05, 4.69) is 193 Å². The van der Waals surface area contributed by atoms with E-state index in [1.54, 1.807) is 0 Å². The zero-order valence-corrected chi connectivity index (χ0v) is 25.8. The predicted octanol–water partition coefficient (Wildman–Crippen LogP) is 13.1. The predicted molar refractivity (Wildman–Crippen MR) is 202 cm³/mol. The van der Waals surface area contributed by atoms with Crippen LogP contribution in [0.5, 0.6) is 0 Å². The van der Waals surface area contributed by atoms with Crippen LogP contribution in [0.25, 0.3) is 65.3 Å². The highest BCUT2D eigenvalue weighted by Gasteiger charge is 2.15. The molecule has 1 heteroatoms. The first-order chi connectivity index (χ1) is 23.3. The van der Waals surface area contributed by atoms with E-state index in [-0.39, 0.29) is 0 Å². The van der Waals surface area contributed by atoms with E-state index in [1.807, 2.05) is 0 Å². The summed E-state index contributed by atoms with van der Waals surface area (Å²) in [5.74, 6) is 0. The second-order valence-electron chi connectivity index (χ2n) is 12.2. The van der Waals surface area contributed by atoms with E-state index < -0.39 is 0 Å². The fourth-order valence-electron chi connectivity index (χ4n) is 7.03. The maximum absolute atomic E-state index is 2.36. The lowest BCUT2D eigenvalue weighted by Gasteiger charge is -2.26. The molecule has 0 aliphatic heterocycles. The number of hydrogen-bond donors (Lipinski definition) is 0. The van der Waals surface area contributed by atoms with Crippen molar-refractivity contribution in [3.63, 3.8) is 0 Å². The third-order valence-electron chi connectivity index (χ3n) is 9.40. The standard InChI is InChI=1S/C46H31N/c1-2-9-32(10-3-1)37-14-8-15-41(30-37)47(42-25-19-33-11-4-5-13-36(33)31-42)40-23-17-34(18-24-40)38-21-26-44-39(29-38)22-28-45-43-16-7-6-12-35(43)20-27-46(44)45/h1-31H. The van der Waals surface area contributed by atoms with E-state index in [4.69, 9.17) is 0 Å². The number of nitrogens with zero attached hydrogens (tertiary/aromatic N) is 1. The van der Waals surface area contributed by atoms with Crippen LogP contribution in [0.15, 0.2) is 188 Å². The molecule has 9 aromatic carbocycles. The van der Waals surface area contributed by atoms with Crippen LogP contribution in [0.1, 0.15) is 0 Å². The Morgan fingerprint density at radius 2 is 0.766 bits per heavy atom. The van der Waals surface area contributed by atoms with Gasteiger partial charge in [0, 0.05) is 17.1 Å². The van der Waals surface area contributed by atoms with Crippen molar-refractivity contribution >= 4 is 60.2 Å². The Kier molecular flexibility index (Phi) is 6.54. The van der Waals surface area contributed by atoms with Crippen molar-refractivity contribution in [2.75, 3.05) is 4.90 Å². The molecule has 1 nitrogen and oxygen atoms in total. The first-order valence-electron chi connectivity index (χ1n) is 16.2. The lowest BCUT2D eigenvalue weighted by Crippen LogP contribution is -2.10. The van der Waals surface area contributed by atoms with Crippen molar-refractivity contribution < 1.29 is 0 Å². The fourth-order valence-corrected chi connectivity index (χ4v) is 7.03. The number of benzene rings is 9. The van der Waals surface area contributed by atoms with Crippen LogP contribution in [0.2, 0.25) is 0 Å². The lowest BCUT2D eigenvalue weighted by atomic mass is 9.95. The number of hydrogen-bond acceptors (Lipinski definition) is 1. The quantitative estimate of drug-likeness (QED) is 0.178. The Bertz CT molecular complexity index is 2560. The smallest absolute Gasteiger partial charge is 0.0468 e. The van der Waals surface area contributed by atoms with Gasteiger partial charge in [0.2, 0.25) is 0 Å². The molecule has 0 aliphatic rings. The van der Waals surface area contributed by atoms with E-state index in [1.165, 1.54) is 65.3 Å². The molecule has 220 valence electrons. The summed E-state index contributed by atoms with van der Waals surface area (Å²) in [6, 6.07) is 68.3. The van der Waals surface area contributed by atoms with Crippen LogP contribution in [0.4, 0.5) is 17.1 Å². The highest BCUT2D eigenvalue weighted by molar-refractivity contribution is 6.17. The molecule has 0 saturated heterocycles. The summed E-state index contributed by atoms with van der Waals surface area (Å²) >= 11 is 0. The molecule has 47 heavy (non-hydrogen) atoms. The van der Waals surface area contributed by atoms with Gasteiger partial charge in [-0.25, -0.2) is 0 Å². The van der Waals surface area contributed by atoms with Crippen LogP contribution in [-0.4, -0.2) is 0 Å². The summed E-state index contributed by atoms with van der Waals surface area (Å²) in [4.78, 5) is 2.36. The first kappa shape index (κ1) is 27.2. The number of rotatable bonds is 5. The molecule has 0 unspecified atom stereocenters. The highest BCUT2D eigenvalue weighted by atomic mass is 15.1. The lowest BCUT2D eigenvalue weighted by molar-refractivity contribution is 1.29. The Morgan fingerprint density at radius 3 is 1.60 bits per heavy atom. The van der Waals surface area contributed by atoms with Crippen molar-refractivity contribution in [1.29, 1.82) is 0 Å². The normalized spacial score (nSPS) is 11.4. The molecule has 0 fully saturated rings. The second kappa shape index (κ2) is 11.3. The molecule has 0 radical (unpaired) electrons. The fraction of sp³-hybridized carbons (Fsp3) is 0. The largest absolute Gasteiger partial charge is 0.310 e. The van der Waals surface area contributed by atoms with Crippen molar-refractivity contribution in [1.82, 2.24) is 0 Å². The average molecular weight is 598 g/mol. The molecule has 0 bridgehead atoms. The van der Waals surface area contributed by atoms with Gasteiger partial charge >= 0.3 is 0 Å². The van der Waals surface area contributed by atoms with Gasteiger partial charge in [0.25, 0.3) is 0 Å². The topological polar surface area (TPSA) is 3.24 Å². The minimum Gasteiger partial charge on any atom is -0.310 e. The summed E-state index contributed by atoms with van der Waals surface area (Å²) in [5, 5.41) is 10.2. The van der Waals surface area contributed by atoms with E-state index in [9.17, 15) is 0 Å². The molecule has 0 saturated carbocycles. The molecular formula is C46H31N. The molecule has 9 rings (SSSR count). The molecule has 0 aliphatic carbocycles. The molecule has 0 atom stereocenters. The van der Waals surface area contributed by atoms with Gasteiger partial charge in [-0.1, -0.05) is 146 Å². The Labute approximate surface area is 274 Å². The molecule has 0 aromatic heterocycles. The number of fused-ring (bicyclic) bond motifs is 6. The Morgan fingerprint density at radius 1 is 0.234 bits per heavy atom. The van der Waals surface area contributed by atoms with Gasteiger partial charge in [0.05, 0.1) is 0 Å². The maximum Gasteiger partial charge on any atom is 0.0468 e. The third-order valence-corrected chi connectivity index (χ3v) is 9.40. The van der Waals surface area contributed by atoms with Crippen molar-refractivity contribution in [3.05, 3.63) is 188 Å². The average Bonchev–Trinajstić information content (AvgIpc) is 3.15. The van der Waals surface area contributed by atoms with Crippen molar-refractivity contribution in [3.8, 4) is 22.3 Å². The minimum atomic E-state index is 1.12. The molecular weight excluding hydrogens is 567 g/mol. The summed E-state index contributed by atoms with van der Waals surface area (Å²) in [6.07, 6.45) is 0. The van der Waals surface area contributed by atoms with Crippen LogP contribution >= 0.6 is 0 Å². The third kappa shape index (κ3) is 4.90. The van der Waals surface area contributed by atoms with Crippen LogP contribution in [0, 0.1) is 0 Å². The summed E-state index contributed by atoms with van der Waals surface area (Å²) in [5.41, 5.74) is 8.19. The van der Waals surface area contributed by atoms with Gasteiger partial charge in [-0.3, -0.25) is 0 Å². The highest BCUT2D eigenvalue weighted by Crippen LogP contribution is 2.39. The maximum atomic E-state index is 2.36. The van der Waals surface area contributed by atoms with Gasteiger partial charge in [0.1, 0.15) is 0 Å². The van der Waals surface area contributed by atoms with E-state index >= 15 is 0 Å².